The molecule has 1 radical (unpaired) electrons. The Kier molecular flexibility index (Phi) is 1.21. The smallest absolute Gasteiger partial charge is 0.127 e. The summed E-state index contributed by atoms with van der Waals surface area (Å²) >= 11 is 0. The third-order valence-electron chi connectivity index (χ3n) is 1.49. The van der Waals surface area contributed by atoms with Crippen molar-refractivity contribution in [2.75, 3.05) is 6.61 Å². The van der Waals surface area contributed by atoms with E-state index in [1.54, 1.807) is 0 Å². The van der Waals surface area contributed by atoms with Crippen molar-refractivity contribution in [3.8, 4) is 5.75 Å². The Labute approximate surface area is 59.9 Å². The molecule has 0 bridgehead atoms. The first-order valence-electron chi connectivity index (χ1n) is 3.25. The SMILES string of the molecule is [C]1=Cc2ccccc2OC1. The van der Waals surface area contributed by atoms with Crippen molar-refractivity contribution in [1.82, 2.24) is 0 Å². The van der Waals surface area contributed by atoms with Crippen molar-refractivity contribution in [2.45, 2.75) is 0 Å². The zero-order valence-electron chi connectivity index (χ0n) is 5.50. The first kappa shape index (κ1) is 5.54. The van der Waals surface area contributed by atoms with Crippen LogP contribution in [0.15, 0.2) is 24.3 Å². The van der Waals surface area contributed by atoms with E-state index in [1.807, 2.05) is 30.3 Å². The zero-order chi connectivity index (χ0) is 6.81. The zero-order valence-corrected chi connectivity index (χ0v) is 5.50. The molecule has 1 heteroatoms. The molecule has 2 rings (SSSR count). The van der Waals surface area contributed by atoms with Gasteiger partial charge in [-0.05, 0) is 18.2 Å². The fourth-order valence-electron chi connectivity index (χ4n) is 1.00. The molecule has 49 valence electrons. The molecule has 1 nitrogen and oxygen atoms in total. The van der Waals surface area contributed by atoms with Gasteiger partial charge in [-0.15, -0.1) is 0 Å². The highest BCUT2D eigenvalue weighted by Gasteiger charge is 2.01. The summed E-state index contributed by atoms with van der Waals surface area (Å²) in [4.78, 5) is 0. The molecular weight excluding hydrogens is 124 g/mol. The van der Waals surface area contributed by atoms with Crippen LogP contribution >= 0.6 is 0 Å². The van der Waals surface area contributed by atoms with Gasteiger partial charge in [0.05, 0.1) is 0 Å². The minimum absolute atomic E-state index is 0.580. The number of hydrogen-bond acceptors (Lipinski definition) is 1. The second-order valence-electron chi connectivity index (χ2n) is 2.17. The number of benzene rings is 1. The van der Waals surface area contributed by atoms with Crippen molar-refractivity contribution < 1.29 is 4.74 Å². The normalized spacial score (nSPS) is 14.0. The molecule has 1 heterocycles. The van der Waals surface area contributed by atoms with Gasteiger partial charge in [0.1, 0.15) is 12.4 Å². The molecule has 0 aromatic heterocycles. The van der Waals surface area contributed by atoms with Crippen molar-refractivity contribution in [2.24, 2.45) is 0 Å². The summed E-state index contributed by atoms with van der Waals surface area (Å²) in [6, 6.07) is 7.94. The Morgan fingerprint density at radius 2 is 2.20 bits per heavy atom. The minimum Gasteiger partial charge on any atom is -0.488 e. The molecule has 0 saturated carbocycles. The van der Waals surface area contributed by atoms with E-state index in [4.69, 9.17) is 4.74 Å². The van der Waals surface area contributed by atoms with Crippen molar-refractivity contribution in [1.29, 1.82) is 0 Å². The van der Waals surface area contributed by atoms with Crippen LogP contribution in [0.2, 0.25) is 0 Å². The Balaban J connectivity index is 2.54. The number of rotatable bonds is 0. The standard InChI is InChI=1S/C9H7O/c1-2-6-9-8(4-1)5-3-7-10-9/h1-2,4-6H,7H2. The first-order chi connectivity index (χ1) is 4.97. The van der Waals surface area contributed by atoms with Crippen LogP contribution in [0.1, 0.15) is 5.56 Å². The van der Waals surface area contributed by atoms with Crippen LogP contribution in [0.4, 0.5) is 0 Å². The van der Waals surface area contributed by atoms with Crippen LogP contribution in [-0.2, 0) is 0 Å². The van der Waals surface area contributed by atoms with E-state index in [0.717, 1.165) is 11.3 Å². The van der Waals surface area contributed by atoms with Crippen LogP contribution in [0.5, 0.6) is 5.75 Å². The number of fused-ring (bicyclic) bond motifs is 1. The van der Waals surface area contributed by atoms with E-state index in [2.05, 4.69) is 6.08 Å². The average molecular weight is 131 g/mol. The lowest BCUT2D eigenvalue weighted by Crippen LogP contribution is -1.99. The molecule has 1 aliphatic rings. The van der Waals surface area contributed by atoms with Gasteiger partial charge in [-0.25, -0.2) is 0 Å². The van der Waals surface area contributed by atoms with Crippen LogP contribution in [0.3, 0.4) is 0 Å². The molecule has 0 unspecified atom stereocenters. The molecule has 10 heavy (non-hydrogen) atoms. The lowest BCUT2D eigenvalue weighted by atomic mass is 10.1. The molecule has 1 aromatic carbocycles. The summed E-state index contributed by atoms with van der Waals surface area (Å²) in [5, 5.41) is 0. The van der Waals surface area contributed by atoms with Gasteiger partial charge in [0.25, 0.3) is 0 Å². The van der Waals surface area contributed by atoms with Gasteiger partial charge < -0.3 is 4.74 Å². The summed E-state index contributed by atoms with van der Waals surface area (Å²) in [7, 11) is 0. The van der Waals surface area contributed by atoms with Gasteiger partial charge >= 0.3 is 0 Å². The molecule has 0 fully saturated rings. The third kappa shape index (κ3) is 0.798. The fraction of sp³-hybridized carbons (Fsp3) is 0.111. The van der Waals surface area contributed by atoms with Crippen LogP contribution < -0.4 is 4.74 Å². The fourth-order valence-corrected chi connectivity index (χ4v) is 1.00. The van der Waals surface area contributed by atoms with Crippen molar-refractivity contribution >= 4 is 6.08 Å². The Hall–Kier alpha value is -1.24. The lowest BCUT2D eigenvalue weighted by molar-refractivity contribution is 0.352. The van der Waals surface area contributed by atoms with E-state index in [1.165, 1.54) is 0 Å². The molecule has 0 saturated heterocycles. The largest absolute Gasteiger partial charge is 0.488 e. The summed E-state index contributed by atoms with van der Waals surface area (Å²) < 4.78 is 5.28. The number of hydrogen-bond donors (Lipinski definition) is 0. The lowest BCUT2D eigenvalue weighted by Gasteiger charge is -2.09. The Morgan fingerprint density at radius 3 is 3.10 bits per heavy atom. The highest BCUT2D eigenvalue weighted by atomic mass is 16.5. The van der Waals surface area contributed by atoms with E-state index < -0.39 is 0 Å². The predicted molar refractivity (Wildman–Crippen MR) is 39.6 cm³/mol. The monoisotopic (exact) mass is 131 g/mol. The maximum atomic E-state index is 5.28. The summed E-state index contributed by atoms with van der Waals surface area (Å²) in [6.45, 7) is 0.580. The summed E-state index contributed by atoms with van der Waals surface area (Å²) in [6.07, 6.45) is 4.95. The highest BCUT2D eigenvalue weighted by Crippen LogP contribution is 2.21. The molecule has 0 spiro atoms. The average Bonchev–Trinajstić information content (AvgIpc) is 2.05. The van der Waals surface area contributed by atoms with Crippen molar-refractivity contribution in [3.63, 3.8) is 0 Å². The summed E-state index contributed by atoms with van der Waals surface area (Å²) in [5.74, 6) is 0.959. The molecule has 1 aliphatic heterocycles. The first-order valence-corrected chi connectivity index (χ1v) is 3.25. The van der Waals surface area contributed by atoms with Gasteiger partial charge in [0.2, 0.25) is 0 Å². The van der Waals surface area contributed by atoms with Crippen LogP contribution in [0.25, 0.3) is 6.08 Å². The third-order valence-corrected chi connectivity index (χ3v) is 1.49. The van der Waals surface area contributed by atoms with Gasteiger partial charge in [-0.1, -0.05) is 18.2 Å². The van der Waals surface area contributed by atoms with Crippen LogP contribution in [-0.4, -0.2) is 6.61 Å². The molecule has 0 atom stereocenters. The quantitative estimate of drug-likeness (QED) is 0.522. The maximum absolute atomic E-state index is 5.28. The van der Waals surface area contributed by atoms with E-state index in [9.17, 15) is 0 Å². The van der Waals surface area contributed by atoms with E-state index >= 15 is 0 Å². The minimum atomic E-state index is 0.580. The van der Waals surface area contributed by atoms with E-state index in [0.29, 0.717) is 6.61 Å². The van der Waals surface area contributed by atoms with Crippen molar-refractivity contribution in [3.05, 3.63) is 35.9 Å². The van der Waals surface area contributed by atoms with Gasteiger partial charge in [-0.2, -0.15) is 0 Å². The molecule has 0 N–H and O–H groups in total. The molecule has 0 aliphatic carbocycles. The second-order valence-corrected chi connectivity index (χ2v) is 2.17. The molecule has 1 aromatic rings. The molecular formula is C9H7O. The highest BCUT2D eigenvalue weighted by molar-refractivity contribution is 5.57. The second kappa shape index (κ2) is 2.18. The Morgan fingerprint density at radius 1 is 1.30 bits per heavy atom. The van der Waals surface area contributed by atoms with Gasteiger partial charge in [0.15, 0.2) is 0 Å². The topological polar surface area (TPSA) is 9.23 Å². The number of ether oxygens (including phenoxy) is 1. The molecule has 0 amide bonds. The van der Waals surface area contributed by atoms with Gasteiger partial charge in [0, 0.05) is 5.56 Å². The van der Waals surface area contributed by atoms with Gasteiger partial charge in [-0.3, -0.25) is 0 Å². The number of para-hydroxylation sites is 1. The summed E-state index contributed by atoms with van der Waals surface area (Å²) in [5.41, 5.74) is 1.12. The Bertz CT molecular complexity index is 263. The predicted octanol–water partition coefficient (Wildman–Crippen LogP) is 1.90. The van der Waals surface area contributed by atoms with Crippen LogP contribution in [0, 0.1) is 6.08 Å². The maximum Gasteiger partial charge on any atom is 0.127 e. The van der Waals surface area contributed by atoms with E-state index in [-0.39, 0.29) is 0 Å².